The van der Waals surface area contributed by atoms with Crippen LogP contribution in [-0.2, 0) is 14.3 Å². The Hall–Kier alpha value is -2.29. The number of rotatable bonds is 18. The number of nitrogens with two attached hydrogens (primary N) is 1. The molecule has 0 saturated carbocycles. The number of carbonyl (C=O) groups is 2. The number of ether oxygens (including phenoxy) is 2. The van der Waals surface area contributed by atoms with Crippen LogP contribution in [0.4, 0.5) is 18.9 Å². The lowest BCUT2D eigenvalue weighted by Crippen LogP contribution is -2.41. The lowest BCUT2D eigenvalue weighted by Gasteiger charge is -2.16. The van der Waals surface area contributed by atoms with Crippen LogP contribution in [0.15, 0.2) is 24.3 Å². The number of benzene rings is 1. The number of anilines is 1. The van der Waals surface area contributed by atoms with Gasteiger partial charge in [-0.25, -0.2) is 4.79 Å². The van der Waals surface area contributed by atoms with Crippen LogP contribution in [0.5, 0.6) is 5.75 Å². The molecule has 9 heteroatoms. The number of hydrogen-bond donors (Lipinski definition) is 2. The van der Waals surface area contributed by atoms with Gasteiger partial charge in [-0.05, 0) is 18.6 Å². The maximum Gasteiger partial charge on any atom is 0.490 e. The highest BCUT2D eigenvalue weighted by Crippen LogP contribution is 2.24. The van der Waals surface area contributed by atoms with Crippen molar-refractivity contribution in [3.63, 3.8) is 0 Å². The molecule has 0 aliphatic rings. The van der Waals surface area contributed by atoms with E-state index in [-0.39, 0.29) is 0 Å². The van der Waals surface area contributed by atoms with Crippen molar-refractivity contribution in [1.29, 1.82) is 0 Å². The molecular weight excluding hydrogens is 449 g/mol. The van der Waals surface area contributed by atoms with E-state index in [0.29, 0.717) is 18.0 Å². The molecule has 1 unspecified atom stereocenters. The Bertz CT molecular complexity index is 714. The molecule has 0 aliphatic carbocycles. The van der Waals surface area contributed by atoms with E-state index in [4.69, 9.17) is 10.5 Å². The molecule has 1 atom stereocenters. The number of unbranched alkanes of at least 4 members (excludes halogenated alkanes) is 11. The van der Waals surface area contributed by atoms with Crippen LogP contribution in [0.1, 0.15) is 84.0 Å². The number of halogens is 3. The van der Waals surface area contributed by atoms with Crippen molar-refractivity contribution in [2.24, 2.45) is 5.73 Å². The molecule has 6 nitrogen and oxygen atoms in total. The van der Waals surface area contributed by atoms with Gasteiger partial charge in [0.1, 0.15) is 18.4 Å². The molecule has 1 aromatic carbocycles. The van der Waals surface area contributed by atoms with Crippen LogP contribution in [0.2, 0.25) is 0 Å². The van der Waals surface area contributed by atoms with Crippen molar-refractivity contribution in [3.8, 4) is 5.75 Å². The summed E-state index contributed by atoms with van der Waals surface area (Å²) < 4.78 is 46.3. The normalized spacial score (nSPS) is 12.3. The first-order valence-electron chi connectivity index (χ1n) is 12.3. The van der Waals surface area contributed by atoms with Gasteiger partial charge in [0.15, 0.2) is 0 Å². The van der Waals surface area contributed by atoms with Crippen molar-refractivity contribution < 1.29 is 32.2 Å². The fraction of sp³-hybridized carbons (Fsp3) is 0.680. The van der Waals surface area contributed by atoms with Crippen molar-refractivity contribution >= 4 is 17.6 Å². The van der Waals surface area contributed by atoms with Gasteiger partial charge in [0.2, 0.25) is 5.91 Å². The summed E-state index contributed by atoms with van der Waals surface area (Å²) >= 11 is 0. The molecule has 0 spiro atoms. The minimum atomic E-state index is -5.13. The second kappa shape index (κ2) is 17.2. The van der Waals surface area contributed by atoms with Crippen molar-refractivity contribution in [2.45, 2.75) is 96.2 Å². The summed E-state index contributed by atoms with van der Waals surface area (Å²) in [6, 6.07) is 5.27. The molecule has 0 fully saturated rings. The highest BCUT2D eigenvalue weighted by molar-refractivity contribution is 5.96. The summed E-state index contributed by atoms with van der Waals surface area (Å²) in [5.41, 5.74) is 5.89. The first-order valence-corrected chi connectivity index (χ1v) is 12.3. The second-order valence-corrected chi connectivity index (χ2v) is 8.43. The van der Waals surface area contributed by atoms with E-state index in [1.807, 2.05) is 0 Å². The average molecular weight is 489 g/mol. The molecule has 1 aromatic rings. The van der Waals surface area contributed by atoms with Gasteiger partial charge in [-0.15, -0.1) is 0 Å². The highest BCUT2D eigenvalue weighted by Gasteiger charge is 2.41. The number of esters is 1. The number of amides is 1. The van der Waals surface area contributed by atoms with Crippen LogP contribution in [0.25, 0.3) is 0 Å². The Morgan fingerprint density at radius 3 is 2.00 bits per heavy atom. The Morgan fingerprint density at radius 2 is 1.44 bits per heavy atom. The standard InChI is InChI=1S/C25H39F3N2O4/c1-2-3-4-5-6-7-8-9-10-11-12-15-18-33-22-17-14-13-16-21(22)30-23(31)20(29)19-34-24(32)25(26,27)28/h13-14,16-17,20H,2-12,15,18-19,29H2,1H3,(H,30,31). The van der Waals surface area contributed by atoms with Gasteiger partial charge in [0, 0.05) is 0 Å². The van der Waals surface area contributed by atoms with Crippen LogP contribution in [0.3, 0.4) is 0 Å². The third-order valence-electron chi connectivity index (χ3n) is 5.36. The second-order valence-electron chi connectivity index (χ2n) is 8.43. The molecule has 194 valence electrons. The predicted molar refractivity (Wildman–Crippen MR) is 127 cm³/mol. The number of carbonyl (C=O) groups excluding carboxylic acids is 2. The van der Waals surface area contributed by atoms with Crippen LogP contribution >= 0.6 is 0 Å². The molecule has 3 N–H and O–H groups in total. The smallest absolute Gasteiger partial charge is 0.490 e. The van der Waals surface area contributed by atoms with Gasteiger partial charge in [0.25, 0.3) is 0 Å². The SMILES string of the molecule is CCCCCCCCCCCCCCOc1ccccc1NC(=O)C(N)COC(=O)C(F)(F)F. The minimum absolute atomic E-state index is 0.351. The first kappa shape index (κ1) is 29.7. The third-order valence-corrected chi connectivity index (χ3v) is 5.36. The molecule has 0 saturated heterocycles. The summed E-state index contributed by atoms with van der Waals surface area (Å²) in [4.78, 5) is 22.9. The summed E-state index contributed by atoms with van der Waals surface area (Å²) in [6.07, 6.45) is 9.74. The van der Waals surface area contributed by atoms with Gasteiger partial charge in [0.05, 0.1) is 12.3 Å². The lowest BCUT2D eigenvalue weighted by atomic mass is 10.1. The largest absolute Gasteiger partial charge is 0.491 e. The van der Waals surface area contributed by atoms with E-state index in [9.17, 15) is 22.8 Å². The lowest BCUT2D eigenvalue weighted by molar-refractivity contribution is -0.200. The zero-order valence-corrected chi connectivity index (χ0v) is 20.1. The Kier molecular flexibility index (Phi) is 15.0. The Balaban J connectivity index is 2.23. The van der Waals surface area contributed by atoms with Gasteiger partial charge in [-0.1, -0.05) is 89.7 Å². The van der Waals surface area contributed by atoms with Gasteiger partial charge in [-0.3, -0.25) is 4.79 Å². The Labute approximate surface area is 200 Å². The van der Waals surface area contributed by atoms with E-state index >= 15 is 0 Å². The van der Waals surface area contributed by atoms with Gasteiger partial charge in [-0.2, -0.15) is 13.2 Å². The summed E-state index contributed by atoms with van der Waals surface area (Å²) in [5, 5.41) is 2.51. The molecule has 0 bridgehead atoms. The number of hydrogen-bond acceptors (Lipinski definition) is 5. The first-order chi connectivity index (χ1) is 16.3. The highest BCUT2D eigenvalue weighted by atomic mass is 19.4. The topological polar surface area (TPSA) is 90.7 Å². The van der Waals surface area contributed by atoms with Gasteiger partial charge >= 0.3 is 12.1 Å². The predicted octanol–water partition coefficient (Wildman–Crippen LogP) is 6.14. The van der Waals surface area contributed by atoms with E-state index in [0.717, 1.165) is 19.3 Å². The maximum atomic E-state index is 12.2. The Morgan fingerprint density at radius 1 is 0.912 bits per heavy atom. The quantitative estimate of drug-likeness (QED) is 0.191. The van der Waals surface area contributed by atoms with Crippen LogP contribution in [0, 0.1) is 0 Å². The molecule has 1 amide bonds. The average Bonchev–Trinajstić information content (AvgIpc) is 2.80. The monoisotopic (exact) mass is 488 g/mol. The maximum absolute atomic E-state index is 12.2. The fourth-order valence-corrected chi connectivity index (χ4v) is 3.37. The van der Waals surface area contributed by atoms with E-state index < -0.39 is 30.7 Å². The van der Waals surface area contributed by atoms with Crippen LogP contribution in [-0.4, -0.2) is 37.3 Å². The molecule has 0 aromatic heterocycles. The third kappa shape index (κ3) is 13.4. The zero-order chi connectivity index (χ0) is 25.2. The van der Waals surface area contributed by atoms with E-state index in [1.165, 1.54) is 57.8 Å². The van der Waals surface area contributed by atoms with Crippen LogP contribution < -0.4 is 15.8 Å². The molecule has 0 radical (unpaired) electrons. The van der Waals surface area contributed by atoms with E-state index in [2.05, 4.69) is 17.0 Å². The molecule has 1 rings (SSSR count). The molecule has 0 heterocycles. The van der Waals surface area contributed by atoms with Crippen molar-refractivity contribution in [3.05, 3.63) is 24.3 Å². The molecule has 34 heavy (non-hydrogen) atoms. The minimum Gasteiger partial charge on any atom is -0.491 e. The number of para-hydroxylation sites is 2. The number of alkyl halides is 3. The zero-order valence-electron chi connectivity index (χ0n) is 20.1. The molecular formula is C25H39F3N2O4. The summed E-state index contributed by atoms with van der Waals surface area (Å²) in [7, 11) is 0. The summed E-state index contributed by atoms with van der Waals surface area (Å²) in [6.45, 7) is 1.83. The van der Waals surface area contributed by atoms with Gasteiger partial charge < -0.3 is 20.5 Å². The number of nitrogens with one attached hydrogen (secondary N) is 1. The van der Waals surface area contributed by atoms with Crippen molar-refractivity contribution in [2.75, 3.05) is 18.5 Å². The summed E-state index contributed by atoms with van der Waals surface area (Å²) in [5.74, 6) is -2.73. The fourth-order valence-electron chi connectivity index (χ4n) is 3.37. The van der Waals surface area contributed by atoms with E-state index in [1.54, 1.807) is 24.3 Å². The molecule has 0 aliphatic heterocycles. The van der Waals surface area contributed by atoms with Crippen molar-refractivity contribution in [1.82, 2.24) is 0 Å².